The number of nitrogens with zero attached hydrogens (tertiary/aromatic N) is 1. The van der Waals surface area contributed by atoms with Gasteiger partial charge in [-0.2, -0.15) is 0 Å². The van der Waals surface area contributed by atoms with Crippen LogP contribution in [0.2, 0.25) is 0 Å². The molecule has 4 nitrogen and oxygen atoms in total. The van der Waals surface area contributed by atoms with Crippen molar-refractivity contribution in [2.45, 2.75) is 45.2 Å². The SMILES string of the molecule is CNCC1CCCCN1CCOCCNC(C)C. The molecule has 1 saturated heterocycles. The minimum atomic E-state index is 0.552. The zero-order valence-corrected chi connectivity index (χ0v) is 12.4. The van der Waals surface area contributed by atoms with Crippen LogP contribution in [0.15, 0.2) is 0 Å². The number of likely N-dealkylation sites (N-methyl/N-ethyl adjacent to an activating group) is 1. The molecule has 0 aliphatic carbocycles. The Bertz CT molecular complexity index is 197. The molecule has 0 aromatic heterocycles. The van der Waals surface area contributed by atoms with Crippen LogP contribution in [-0.4, -0.2) is 63.4 Å². The predicted octanol–water partition coefficient (Wildman–Crippen LogP) is 1.07. The molecule has 1 rings (SSSR count). The van der Waals surface area contributed by atoms with Gasteiger partial charge >= 0.3 is 0 Å². The highest BCUT2D eigenvalue weighted by atomic mass is 16.5. The maximum atomic E-state index is 5.69. The minimum Gasteiger partial charge on any atom is -0.379 e. The molecule has 0 amide bonds. The van der Waals surface area contributed by atoms with Gasteiger partial charge in [0.05, 0.1) is 13.2 Å². The first kappa shape index (κ1) is 15.9. The molecular formula is C14H31N3O. The lowest BCUT2D eigenvalue weighted by atomic mass is 10.0. The molecule has 0 aromatic rings. The molecule has 0 aromatic carbocycles. The summed E-state index contributed by atoms with van der Waals surface area (Å²) in [5, 5.41) is 6.66. The summed E-state index contributed by atoms with van der Waals surface area (Å²) in [6.45, 7) is 10.4. The molecule has 4 heteroatoms. The Hall–Kier alpha value is -0.160. The van der Waals surface area contributed by atoms with Gasteiger partial charge in [-0.05, 0) is 26.4 Å². The van der Waals surface area contributed by atoms with E-state index in [1.807, 2.05) is 7.05 Å². The summed E-state index contributed by atoms with van der Waals surface area (Å²) in [7, 11) is 2.04. The fourth-order valence-corrected chi connectivity index (χ4v) is 2.52. The maximum Gasteiger partial charge on any atom is 0.0594 e. The highest BCUT2D eigenvalue weighted by molar-refractivity contribution is 4.78. The number of hydrogen-bond donors (Lipinski definition) is 2. The summed E-state index contributed by atoms with van der Waals surface area (Å²) in [5.41, 5.74) is 0. The maximum absolute atomic E-state index is 5.69. The van der Waals surface area contributed by atoms with Crippen molar-refractivity contribution < 1.29 is 4.74 Å². The lowest BCUT2D eigenvalue weighted by Gasteiger charge is -2.35. The second-order valence-electron chi connectivity index (χ2n) is 5.46. The number of piperidine rings is 1. The molecule has 0 spiro atoms. The van der Waals surface area contributed by atoms with Crippen molar-refractivity contribution >= 4 is 0 Å². The molecule has 0 saturated carbocycles. The molecule has 1 atom stereocenters. The van der Waals surface area contributed by atoms with E-state index in [0.29, 0.717) is 12.1 Å². The van der Waals surface area contributed by atoms with Crippen LogP contribution in [0.3, 0.4) is 0 Å². The van der Waals surface area contributed by atoms with Gasteiger partial charge in [-0.3, -0.25) is 4.90 Å². The highest BCUT2D eigenvalue weighted by Crippen LogP contribution is 2.15. The molecule has 108 valence electrons. The molecule has 1 aliphatic heterocycles. The van der Waals surface area contributed by atoms with Gasteiger partial charge in [-0.1, -0.05) is 20.3 Å². The van der Waals surface area contributed by atoms with Gasteiger partial charge < -0.3 is 15.4 Å². The fourth-order valence-electron chi connectivity index (χ4n) is 2.52. The van der Waals surface area contributed by atoms with Crippen molar-refractivity contribution in [3.05, 3.63) is 0 Å². The molecule has 1 aliphatic rings. The van der Waals surface area contributed by atoms with Crippen LogP contribution in [0.4, 0.5) is 0 Å². The van der Waals surface area contributed by atoms with Gasteiger partial charge in [0.25, 0.3) is 0 Å². The lowest BCUT2D eigenvalue weighted by molar-refractivity contribution is 0.0726. The Kier molecular flexibility index (Phi) is 8.59. The van der Waals surface area contributed by atoms with Crippen LogP contribution in [-0.2, 0) is 4.74 Å². The van der Waals surface area contributed by atoms with Crippen molar-refractivity contribution in [1.29, 1.82) is 0 Å². The number of rotatable bonds is 9. The molecule has 1 unspecified atom stereocenters. The van der Waals surface area contributed by atoms with E-state index in [4.69, 9.17) is 4.74 Å². The lowest BCUT2D eigenvalue weighted by Crippen LogP contribution is -2.46. The molecular weight excluding hydrogens is 226 g/mol. The van der Waals surface area contributed by atoms with Crippen molar-refractivity contribution in [1.82, 2.24) is 15.5 Å². The second kappa shape index (κ2) is 9.73. The molecule has 0 bridgehead atoms. The number of ether oxygens (including phenoxy) is 1. The highest BCUT2D eigenvalue weighted by Gasteiger charge is 2.20. The monoisotopic (exact) mass is 257 g/mol. The molecule has 2 N–H and O–H groups in total. The standard InChI is InChI=1S/C14H31N3O/c1-13(2)16-7-10-18-11-9-17-8-5-4-6-14(17)12-15-3/h13-16H,4-12H2,1-3H3. The quantitative estimate of drug-likeness (QED) is 0.606. The normalized spacial score (nSPS) is 21.7. The van der Waals surface area contributed by atoms with Gasteiger partial charge in [0, 0.05) is 31.7 Å². The van der Waals surface area contributed by atoms with Crippen molar-refractivity contribution in [3.8, 4) is 0 Å². The van der Waals surface area contributed by atoms with Gasteiger partial charge in [-0.15, -0.1) is 0 Å². The van der Waals surface area contributed by atoms with Gasteiger partial charge in [-0.25, -0.2) is 0 Å². The molecule has 1 heterocycles. The fraction of sp³-hybridized carbons (Fsp3) is 1.00. The van der Waals surface area contributed by atoms with E-state index in [-0.39, 0.29) is 0 Å². The first-order chi connectivity index (χ1) is 8.74. The van der Waals surface area contributed by atoms with E-state index in [2.05, 4.69) is 29.4 Å². The first-order valence-corrected chi connectivity index (χ1v) is 7.43. The average molecular weight is 257 g/mol. The van der Waals surface area contributed by atoms with Crippen LogP contribution < -0.4 is 10.6 Å². The number of nitrogens with one attached hydrogen (secondary N) is 2. The summed E-state index contributed by atoms with van der Waals surface area (Å²) >= 11 is 0. The van der Waals surface area contributed by atoms with Crippen molar-refractivity contribution in [2.75, 3.05) is 46.4 Å². The van der Waals surface area contributed by atoms with Gasteiger partial charge in [0.1, 0.15) is 0 Å². The summed E-state index contributed by atoms with van der Waals surface area (Å²) < 4.78 is 5.69. The van der Waals surface area contributed by atoms with E-state index in [9.17, 15) is 0 Å². The Labute approximate surface area is 112 Å². The van der Waals surface area contributed by atoms with Crippen LogP contribution in [0.1, 0.15) is 33.1 Å². The Morgan fingerprint density at radius 3 is 2.83 bits per heavy atom. The molecule has 1 fully saturated rings. The largest absolute Gasteiger partial charge is 0.379 e. The van der Waals surface area contributed by atoms with E-state index in [1.165, 1.54) is 25.8 Å². The zero-order chi connectivity index (χ0) is 13.2. The smallest absolute Gasteiger partial charge is 0.0594 e. The van der Waals surface area contributed by atoms with Crippen molar-refractivity contribution in [3.63, 3.8) is 0 Å². The van der Waals surface area contributed by atoms with E-state index in [0.717, 1.165) is 32.8 Å². The minimum absolute atomic E-state index is 0.552. The van der Waals surface area contributed by atoms with Crippen molar-refractivity contribution in [2.24, 2.45) is 0 Å². The Balaban J connectivity index is 2.05. The summed E-state index contributed by atoms with van der Waals surface area (Å²) in [4.78, 5) is 2.58. The predicted molar refractivity (Wildman–Crippen MR) is 77.1 cm³/mol. The molecule has 18 heavy (non-hydrogen) atoms. The Morgan fingerprint density at radius 1 is 1.28 bits per heavy atom. The van der Waals surface area contributed by atoms with Gasteiger partial charge in [0.15, 0.2) is 0 Å². The summed E-state index contributed by atoms with van der Waals surface area (Å²) in [6.07, 6.45) is 4.05. The van der Waals surface area contributed by atoms with Crippen LogP contribution in [0, 0.1) is 0 Å². The Morgan fingerprint density at radius 2 is 2.11 bits per heavy atom. The zero-order valence-electron chi connectivity index (χ0n) is 12.4. The summed E-state index contributed by atoms with van der Waals surface area (Å²) in [5.74, 6) is 0. The van der Waals surface area contributed by atoms with E-state index in [1.54, 1.807) is 0 Å². The average Bonchev–Trinajstić information content (AvgIpc) is 2.35. The third-order valence-corrected chi connectivity index (χ3v) is 3.51. The van der Waals surface area contributed by atoms with Crippen LogP contribution in [0.25, 0.3) is 0 Å². The second-order valence-corrected chi connectivity index (χ2v) is 5.46. The number of likely N-dealkylation sites (tertiary alicyclic amines) is 1. The topological polar surface area (TPSA) is 36.5 Å². The van der Waals surface area contributed by atoms with Gasteiger partial charge in [0.2, 0.25) is 0 Å². The molecule has 0 radical (unpaired) electrons. The summed E-state index contributed by atoms with van der Waals surface area (Å²) in [6, 6.07) is 1.26. The van der Waals surface area contributed by atoms with Crippen LogP contribution in [0.5, 0.6) is 0 Å². The van der Waals surface area contributed by atoms with Crippen LogP contribution >= 0.6 is 0 Å². The number of hydrogen-bond acceptors (Lipinski definition) is 4. The van der Waals surface area contributed by atoms with E-state index >= 15 is 0 Å². The third-order valence-electron chi connectivity index (χ3n) is 3.51. The third kappa shape index (κ3) is 6.69. The van der Waals surface area contributed by atoms with E-state index < -0.39 is 0 Å². The first-order valence-electron chi connectivity index (χ1n) is 7.43.